The highest BCUT2D eigenvalue weighted by Crippen LogP contribution is 2.40. The van der Waals surface area contributed by atoms with E-state index < -0.39 is 8.11 Å². The first-order valence-electron chi connectivity index (χ1n) is 5.02. The second-order valence-electron chi connectivity index (χ2n) is 3.27. The summed E-state index contributed by atoms with van der Waals surface area (Å²) >= 11 is 9.58. The van der Waals surface area contributed by atoms with Gasteiger partial charge in [-0.05, 0) is 12.1 Å². The van der Waals surface area contributed by atoms with E-state index in [0.29, 0.717) is 6.61 Å². The number of hydrogen-bond donors (Lipinski definition) is 0. The minimum atomic E-state index is -0.829. The summed E-state index contributed by atoms with van der Waals surface area (Å²) in [6.45, 7) is 4.06. The topological polar surface area (TPSA) is 35.5 Å². The lowest BCUT2D eigenvalue weighted by Gasteiger charge is -2.14. The molecule has 0 amide bonds. The normalized spacial score (nSPS) is 10.8. The summed E-state index contributed by atoms with van der Waals surface area (Å²) in [6.07, 6.45) is 0. The molecule has 0 N–H and O–H groups in total. The van der Waals surface area contributed by atoms with Crippen molar-refractivity contribution in [1.82, 2.24) is 0 Å². The monoisotopic (exact) mass is 440 g/mol. The van der Waals surface area contributed by atoms with E-state index in [4.69, 9.17) is 9.47 Å². The van der Waals surface area contributed by atoms with Gasteiger partial charge in [-0.1, -0.05) is 72.6 Å². The summed E-state index contributed by atoms with van der Waals surface area (Å²) in [5.41, 5.74) is 0.224. The van der Waals surface area contributed by atoms with Crippen molar-refractivity contribution in [2.45, 2.75) is 2.14 Å². The molecular formula is C12H11Br3O3. The number of rotatable bonds is 5. The average molecular weight is 443 g/mol. The number of carbonyl (C=O) groups excluding carboxylic acids is 1. The molecule has 0 unspecified atom stereocenters. The number of carbonyl (C=O) groups is 1. The smallest absolute Gasteiger partial charge is 0.336 e. The maximum Gasteiger partial charge on any atom is 0.336 e. The lowest BCUT2D eigenvalue weighted by molar-refractivity contribution is -0.139. The minimum Gasteiger partial charge on any atom is -0.490 e. The molecule has 0 heterocycles. The molecule has 3 nitrogen and oxygen atoms in total. The summed E-state index contributed by atoms with van der Waals surface area (Å²) in [5.74, 6) is 0.237. The van der Waals surface area contributed by atoms with Crippen LogP contribution in [0, 0.1) is 0 Å². The number of alkyl halides is 3. The van der Waals surface area contributed by atoms with Gasteiger partial charge in [0, 0.05) is 0 Å². The van der Waals surface area contributed by atoms with Crippen LogP contribution in [0.2, 0.25) is 0 Å². The van der Waals surface area contributed by atoms with Gasteiger partial charge in [-0.2, -0.15) is 0 Å². The predicted octanol–water partition coefficient (Wildman–Crippen LogP) is 4.00. The van der Waals surface area contributed by atoms with Crippen molar-refractivity contribution in [1.29, 1.82) is 0 Å². The Kier molecular flexibility index (Phi) is 6.38. The summed E-state index contributed by atoms with van der Waals surface area (Å²) in [6, 6.07) is 9.32. The van der Waals surface area contributed by atoms with Gasteiger partial charge >= 0.3 is 5.97 Å². The van der Waals surface area contributed by atoms with E-state index in [1.165, 1.54) is 0 Å². The van der Waals surface area contributed by atoms with Gasteiger partial charge in [0.1, 0.15) is 19.0 Å². The fourth-order valence-corrected chi connectivity index (χ4v) is 1.50. The zero-order valence-electron chi connectivity index (χ0n) is 9.37. The van der Waals surface area contributed by atoms with Crippen LogP contribution in [0.15, 0.2) is 42.5 Å². The highest BCUT2D eigenvalue weighted by Gasteiger charge is 2.28. The lowest BCUT2D eigenvalue weighted by Crippen LogP contribution is -2.19. The molecule has 0 atom stereocenters. The Bertz CT molecular complexity index is 412. The molecule has 0 aliphatic carbocycles. The van der Waals surface area contributed by atoms with Crippen LogP contribution in [0.4, 0.5) is 0 Å². The molecule has 1 aromatic rings. The second kappa shape index (κ2) is 7.31. The van der Waals surface area contributed by atoms with Crippen LogP contribution in [-0.2, 0) is 9.53 Å². The number of ether oxygens (including phenoxy) is 2. The van der Waals surface area contributed by atoms with Crippen molar-refractivity contribution >= 4 is 53.8 Å². The molecule has 1 aromatic carbocycles. The third-order valence-electron chi connectivity index (χ3n) is 1.92. The molecule has 0 radical (unpaired) electrons. The van der Waals surface area contributed by atoms with Crippen LogP contribution in [0.1, 0.15) is 0 Å². The first kappa shape index (κ1) is 15.7. The number of halogens is 3. The number of esters is 1. The van der Waals surface area contributed by atoms with Crippen LogP contribution < -0.4 is 4.74 Å². The standard InChI is InChI=1S/C12H11Br3O3/c1-9(12(13,14)15)11(16)18-8-7-17-10-5-3-2-4-6-10/h2-6H,1,7-8H2. The quantitative estimate of drug-likeness (QED) is 0.299. The predicted molar refractivity (Wildman–Crippen MR) is 81.5 cm³/mol. The number of hydrogen-bond acceptors (Lipinski definition) is 3. The van der Waals surface area contributed by atoms with Gasteiger partial charge in [0.05, 0.1) is 5.57 Å². The van der Waals surface area contributed by atoms with Crippen molar-refractivity contribution in [2.75, 3.05) is 13.2 Å². The molecule has 0 saturated heterocycles. The van der Waals surface area contributed by atoms with E-state index in [2.05, 4.69) is 54.4 Å². The first-order chi connectivity index (χ1) is 8.41. The largest absolute Gasteiger partial charge is 0.490 e. The summed E-state index contributed by atoms with van der Waals surface area (Å²) < 4.78 is 9.55. The zero-order valence-corrected chi connectivity index (χ0v) is 14.1. The Labute approximate surface area is 131 Å². The third kappa shape index (κ3) is 5.54. The molecular weight excluding hydrogens is 432 g/mol. The first-order valence-corrected chi connectivity index (χ1v) is 7.40. The Balaban J connectivity index is 2.27. The van der Waals surface area contributed by atoms with Crippen LogP contribution in [0.3, 0.4) is 0 Å². The summed E-state index contributed by atoms with van der Waals surface area (Å²) in [5, 5.41) is 0. The van der Waals surface area contributed by atoms with Crippen LogP contribution in [-0.4, -0.2) is 21.3 Å². The van der Waals surface area contributed by atoms with Crippen molar-refractivity contribution in [3.63, 3.8) is 0 Å². The Hall–Kier alpha value is -0.330. The van der Waals surface area contributed by atoms with Gasteiger partial charge < -0.3 is 9.47 Å². The summed E-state index contributed by atoms with van der Waals surface area (Å²) in [4.78, 5) is 11.5. The van der Waals surface area contributed by atoms with Crippen molar-refractivity contribution < 1.29 is 14.3 Å². The molecule has 0 aliphatic rings. The molecule has 0 aliphatic heterocycles. The SMILES string of the molecule is C=C(C(=O)OCCOc1ccccc1)C(Br)(Br)Br. The molecule has 0 fully saturated rings. The molecule has 1 rings (SSSR count). The Morgan fingerprint density at radius 2 is 1.78 bits per heavy atom. The van der Waals surface area contributed by atoms with Crippen molar-refractivity contribution in [3.05, 3.63) is 42.5 Å². The molecule has 6 heteroatoms. The number of benzene rings is 1. The van der Waals surface area contributed by atoms with Crippen LogP contribution in [0.25, 0.3) is 0 Å². The van der Waals surface area contributed by atoms with E-state index in [1.807, 2.05) is 30.3 Å². The van der Waals surface area contributed by atoms with Gasteiger partial charge in [0.15, 0.2) is 2.14 Å². The highest BCUT2D eigenvalue weighted by atomic mass is 80.0. The van der Waals surface area contributed by atoms with E-state index in [1.54, 1.807) is 0 Å². The highest BCUT2D eigenvalue weighted by molar-refractivity contribution is 9.39. The Morgan fingerprint density at radius 3 is 2.33 bits per heavy atom. The average Bonchev–Trinajstić information content (AvgIpc) is 2.33. The summed E-state index contributed by atoms with van der Waals surface area (Å²) in [7, 11) is 0. The molecule has 98 valence electrons. The van der Waals surface area contributed by atoms with E-state index in [0.717, 1.165) is 5.75 Å². The lowest BCUT2D eigenvalue weighted by atomic mass is 10.3. The molecule has 0 saturated carbocycles. The van der Waals surface area contributed by atoms with Gasteiger partial charge in [0.25, 0.3) is 0 Å². The zero-order chi connectivity index (χ0) is 13.6. The minimum absolute atomic E-state index is 0.163. The fourth-order valence-electron chi connectivity index (χ4n) is 1.01. The molecule has 0 spiro atoms. The Morgan fingerprint density at radius 1 is 1.17 bits per heavy atom. The van der Waals surface area contributed by atoms with Gasteiger partial charge in [-0.3, -0.25) is 0 Å². The van der Waals surface area contributed by atoms with Crippen LogP contribution in [0.5, 0.6) is 5.75 Å². The fraction of sp³-hybridized carbons (Fsp3) is 0.250. The van der Waals surface area contributed by atoms with Crippen molar-refractivity contribution in [3.8, 4) is 5.75 Å². The third-order valence-corrected chi connectivity index (χ3v) is 3.35. The van der Waals surface area contributed by atoms with Crippen LogP contribution >= 0.6 is 47.8 Å². The number of para-hydroxylation sites is 1. The van der Waals surface area contributed by atoms with Gasteiger partial charge in [-0.25, -0.2) is 4.79 Å². The van der Waals surface area contributed by atoms with Gasteiger partial charge in [-0.15, -0.1) is 0 Å². The molecule has 0 aromatic heterocycles. The molecule has 18 heavy (non-hydrogen) atoms. The second-order valence-corrected chi connectivity index (χ2v) is 10.0. The van der Waals surface area contributed by atoms with E-state index in [-0.39, 0.29) is 12.2 Å². The molecule has 0 bridgehead atoms. The maximum atomic E-state index is 11.5. The van der Waals surface area contributed by atoms with E-state index >= 15 is 0 Å². The van der Waals surface area contributed by atoms with Gasteiger partial charge in [0.2, 0.25) is 0 Å². The van der Waals surface area contributed by atoms with Crippen molar-refractivity contribution in [2.24, 2.45) is 0 Å². The maximum absolute atomic E-state index is 11.5. The van der Waals surface area contributed by atoms with E-state index in [9.17, 15) is 4.79 Å².